The molecule has 3 nitrogen and oxygen atoms in total. The molecule has 5 heteroatoms. The third-order valence-corrected chi connectivity index (χ3v) is 3.47. The lowest BCUT2D eigenvalue weighted by Crippen LogP contribution is -2.07. The monoisotopic (exact) mass is 285 g/mol. The topological polar surface area (TPSA) is 37.0 Å². The fourth-order valence-electron chi connectivity index (χ4n) is 1.76. The highest BCUT2D eigenvalue weighted by Gasteiger charge is 2.05. The van der Waals surface area contributed by atoms with E-state index in [4.69, 9.17) is 0 Å². The third-order valence-electron chi connectivity index (χ3n) is 2.71. The van der Waals surface area contributed by atoms with Gasteiger partial charge in [-0.3, -0.25) is 10.9 Å². The van der Waals surface area contributed by atoms with Crippen molar-refractivity contribution in [3.8, 4) is 11.3 Å². The molecule has 0 saturated heterocycles. The summed E-state index contributed by atoms with van der Waals surface area (Å²) in [4.78, 5) is 4.41. The summed E-state index contributed by atoms with van der Waals surface area (Å²) in [6, 6.07) is 16.2. The van der Waals surface area contributed by atoms with E-state index in [2.05, 4.69) is 15.8 Å². The number of anilines is 2. The molecule has 2 N–H and O–H groups in total. The van der Waals surface area contributed by atoms with Gasteiger partial charge in [0.2, 0.25) is 5.13 Å². The molecule has 0 atom stereocenters. The van der Waals surface area contributed by atoms with Gasteiger partial charge in [0, 0.05) is 10.9 Å². The number of halogens is 1. The summed E-state index contributed by atoms with van der Waals surface area (Å²) in [6.45, 7) is 0. The first kappa shape index (κ1) is 12.6. The first-order valence-corrected chi connectivity index (χ1v) is 6.98. The normalized spacial score (nSPS) is 10.2. The van der Waals surface area contributed by atoms with Crippen LogP contribution in [0.25, 0.3) is 11.3 Å². The van der Waals surface area contributed by atoms with E-state index in [0.29, 0.717) is 0 Å². The van der Waals surface area contributed by atoms with Crippen LogP contribution in [0.5, 0.6) is 0 Å². The van der Waals surface area contributed by atoms with E-state index < -0.39 is 0 Å². The van der Waals surface area contributed by atoms with Gasteiger partial charge in [-0.1, -0.05) is 30.3 Å². The zero-order chi connectivity index (χ0) is 13.8. The number of para-hydroxylation sites is 1. The number of thiazole rings is 1. The molecular weight excluding hydrogens is 273 g/mol. The van der Waals surface area contributed by atoms with Crippen molar-refractivity contribution in [2.75, 3.05) is 10.9 Å². The molecule has 0 bridgehead atoms. The van der Waals surface area contributed by atoms with Crippen LogP contribution in [0.15, 0.2) is 60.0 Å². The van der Waals surface area contributed by atoms with Crippen molar-refractivity contribution in [2.45, 2.75) is 0 Å². The summed E-state index contributed by atoms with van der Waals surface area (Å²) in [5, 5.41) is 2.62. The van der Waals surface area contributed by atoms with E-state index in [1.807, 2.05) is 41.8 Å². The minimum atomic E-state index is -0.257. The Balaban J connectivity index is 1.71. The second kappa shape index (κ2) is 5.71. The van der Waals surface area contributed by atoms with Crippen LogP contribution in [-0.4, -0.2) is 4.98 Å². The molecule has 100 valence electrons. The summed E-state index contributed by atoms with van der Waals surface area (Å²) >= 11 is 1.46. The summed E-state index contributed by atoms with van der Waals surface area (Å²) < 4.78 is 13.2. The molecule has 0 aliphatic heterocycles. The molecule has 3 aromatic rings. The second-order valence-corrected chi connectivity index (χ2v) is 5.02. The third kappa shape index (κ3) is 2.95. The molecule has 1 aromatic heterocycles. The average molecular weight is 285 g/mol. The van der Waals surface area contributed by atoms with Crippen molar-refractivity contribution in [3.63, 3.8) is 0 Å². The van der Waals surface area contributed by atoms with Crippen LogP contribution in [0.4, 0.5) is 15.2 Å². The van der Waals surface area contributed by atoms with E-state index >= 15 is 0 Å². The lowest BCUT2D eigenvalue weighted by atomic mass is 10.2. The Kier molecular flexibility index (Phi) is 3.60. The van der Waals surface area contributed by atoms with E-state index in [9.17, 15) is 4.39 Å². The molecule has 20 heavy (non-hydrogen) atoms. The Morgan fingerprint density at radius 3 is 2.60 bits per heavy atom. The Morgan fingerprint density at radius 2 is 1.80 bits per heavy atom. The highest BCUT2D eigenvalue weighted by molar-refractivity contribution is 7.14. The molecule has 0 amide bonds. The van der Waals surface area contributed by atoms with Gasteiger partial charge in [-0.15, -0.1) is 11.3 Å². The predicted molar refractivity (Wildman–Crippen MR) is 81.2 cm³/mol. The lowest BCUT2D eigenvalue weighted by molar-refractivity contribution is 0.628. The number of aromatic nitrogens is 1. The minimum Gasteiger partial charge on any atom is -0.299 e. The van der Waals surface area contributed by atoms with Crippen molar-refractivity contribution in [2.24, 2.45) is 0 Å². The van der Waals surface area contributed by atoms with Crippen molar-refractivity contribution in [1.29, 1.82) is 0 Å². The number of hydrogen-bond donors (Lipinski definition) is 2. The summed E-state index contributed by atoms with van der Waals surface area (Å²) in [6.07, 6.45) is 0. The number of nitrogens with zero attached hydrogens (tertiary/aromatic N) is 1. The van der Waals surface area contributed by atoms with Crippen LogP contribution in [0.1, 0.15) is 0 Å². The van der Waals surface area contributed by atoms with Crippen LogP contribution in [-0.2, 0) is 0 Å². The Bertz CT molecular complexity index is 697. The number of rotatable bonds is 4. The van der Waals surface area contributed by atoms with Gasteiger partial charge < -0.3 is 0 Å². The Labute approximate surface area is 120 Å². The van der Waals surface area contributed by atoms with Crippen LogP contribution in [0, 0.1) is 5.82 Å². The summed E-state index contributed by atoms with van der Waals surface area (Å²) in [5.74, 6) is -0.257. The predicted octanol–water partition coefficient (Wildman–Crippen LogP) is 4.39. The molecular formula is C15H12FN3S. The van der Waals surface area contributed by atoms with E-state index in [1.54, 1.807) is 6.07 Å². The van der Waals surface area contributed by atoms with Crippen LogP contribution in [0.3, 0.4) is 0 Å². The zero-order valence-electron chi connectivity index (χ0n) is 10.5. The number of hydrogen-bond acceptors (Lipinski definition) is 4. The van der Waals surface area contributed by atoms with Crippen molar-refractivity contribution in [3.05, 3.63) is 65.8 Å². The van der Waals surface area contributed by atoms with Gasteiger partial charge in [-0.25, -0.2) is 9.37 Å². The summed E-state index contributed by atoms with van der Waals surface area (Å²) in [5.41, 5.74) is 8.57. The molecule has 0 fully saturated rings. The van der Waals surface area contributed by atoms with Gasteiger partial charge in [0.1, 0.15) is 5.82 Å². The smallest absolute Gasteiger partial charge is 0.202 e. The highest BCUT2D eigenvalue weighted by Crippen LogP contribution is 2.25. The van der Waals surface area contributed by atoms with Crippen molar-refractivity contribution in [1.82, 2.24) is 4.98 Å². The van der Waals surface area contributed by atoms with Gasteiger partial charge in [0.15, 0.2) is 0 Å². The first-order chi connectivity index (χ1) is 9.81. The Morgan fingerprint density at radius 1 is 0.950 bits per heavy atom. The fourth-order valence-corrected chi connectivity index (χ4v) is 2.43. The van der Waals surface area contributed by atoms with Crippen molar-refractivity contribution < 1.29 is 4.39 Å². The SMILES string of the molecule is Fc1cccc(-c2csc(NNc3ccccc3)n2)c1. The van der Waals surface area contributed by atoms with Gasteiger partial charge in [-0.05, 0) is 24.3 Å². The number of hydrazine groups is 1. The van der Waals surface area contributed by atoms with E-state index in [1.165, 1.54) is 23.5 Å². The molecule has 0 radical (unpaired) electrons. The second-order valence-electron chi connectivity index (χ2n) is 4.16. The molecule has 3 rings (SSSR count). The molecule has 0 aliphatic rings. The number of benzene rings is 2. The maximum Gasteiger partial charge on any atom is 0.202 e. The molecule has 0 saturated carbocycles. The van der Waals surface area contributed by atoms with E-state index in [-0.39, 0.29) is 5.82 Å². The molecule has 0 spiro atoms. The maximum absolute atomic E-state index is 13.2. The fraction of sp³-hybridized carbons (Fsp3) is 0. The van der Waals surface area contributed by atoms with Crippen LogP contribution in [0.2, 0.25) is 0 Å². The molecule has 1 heterocycles. The summed E-state index contributed by atoms with van der Waals surface area (Å²) in [7, 11) is 0. The van der Waals surface area contributed by atoms with Gasteiger partial charge in [-0.2, -0.15) is 0 Å². The Hall–Kier alpha value is -2.40. The van der Waals surface area contributed by atoms with Crippen LogP contribution >= 0.6 is 11.3 Å². The van der Waals surface area contributed by atoms with E-state index in [0.717, 1.165) is 22.1 Å². The lowest BCUT2D eigenvalue weighted by Gasteiger charge is -2.05. The largest absolute Gasteiger partial charge is 0.299 e. The maximum atomic E-state index is 13.2. The minimum absolute atomic E-state index is 0.257. The number of nitrogens with one attached hydrogen (secondary N) is 2. The zero-order valence-corrected chi connectivity index (χ0v) is 11.3. The highest BCUT2D eigenvalue weighted by atomic mass is 32.1. The quantitative estimate of drug-likeness (QED) is 0.698. The average Bonchev–Trinajstić information content (AvgIpc) is 2.95. The standard InChI is InChI=1S/C15H12FN3S/c16-12-6-4-5-11(9-12)14-10-20-15(17-14)19-18-13-7-2-1-3-8-13/h1-10,18H,(H,17,19). The van der Waals surface area contributed by atoms with Crippen LogP contribution < -0.4 is 10.9 Å². The first-order valence-electron chi connectivity index (χ1n) is 6.10. The van der Waals surface area contributed by atoms with Gasteiger partial charge >= 0.3 is 0 Å². The molecule has 2 aromatic carbocycles. The van der Waals surface area contributed by atoms with Gasteiger partial charge in [0.25, 0.3) is 0 Å². The molecule has 0 unspecified atom stereocenters. The van der Waals surface area contributed by atoms with Crippen molar-refractivity contribution >= 4 is 22.2 Å². The molecule has 0 aliphatic carbocycles. The van der Waals surface area contributed by atoms with Gasteiger partial charge in [0.05, 0.1) is 11.4 Å².